The molecule has 0 bridgehead atoms. The molecule has 128 valence electrons. The van der Waals surface area contributed by atoms with Gasteiger partial charge in [0.05, 0.1) is 12.3 Å². The van der Waals surface area contributed by atoms with Crippen LogP contribution in [0.3, 0.4) is 0 Å². The molecule has 1 N–H and O–H groups in total. The van der Waals surface area contributed by atoms with Gasteiger partial charge < -0.3 is 10.1 Å². The van der Waals surface area contributed by atoms with E-state index in [-0.39, 0.29) is 12.4 Å². The van der Waals surface area contributed by atoms with Crippen LogP contribution in [0.2, 0.25) is 0 Å². The fourth-order valence-electron chi connectivity index (χ4n) is 2.82. The van der Waals surface area contributed by atoms with Crippen LogP contribution in [0, 0.1) is 6.92 Å². The van der Waals surface area contributed by atoms with E-state index in [1.165, 1.54) is 11.1 Å². The molecule has 0 atom stereocenters. The highest BCUT2D eigenvalue weighted by Crippen LogP contribution is 2.16. The summed E-state index contributed by atoms with van der Waals surface area (Å²) in [5, 5.41) is 9.01. The molecule has 0 amide bonds. The maximum absolute atomic E-state index is 5.25. The van der Waals surface area contributed by atoms with E-state index in [1.807, 2.05) is 30.9 Å². The summed E-state index contributed by atoms with van der Waals surface area (Å²) in [7, 11) is 3.65. The molecule has 0 radical (unpaired) electrons. The first-order valence-electron chi connectivity index (χ1n) is 7.73. The molecule has 5 nitrogen and oxygen atoms in total. The van der Waals surface area contributed by atoms with E-state index in [4.69, 9.17) is 4.74 Å². The molecule has 0 fully saturated rings. The Bertz CT molecular complexity index is 816. The Balaban J connectivity index is 0.00000208. The lowest BCUT2D eigenvalue weighted by atomic mass is 10.1. The van der Waals surface area contributed by atoms with Gasteiger partial charge in [-0.25, -0.2) is 4.98 Å². The van der Waals surface area contributed by atoms with E-state index >= 15 is 0 Å². The van der Waals surface area contributed by atoms with Crippen molar-refractivity contribution in [3.63, 3.8) is 0 Å². The molecule has 6 heteroatoms. The van der Waals surface area contributed by atoms with E-state index in [0.717, 1.165) is 35.4 Å². The van der Waals surface area contributed by atoms with E-state index in [2.05, 4.69) is 39.7 Å². The van der Waals surface area contributed by atoms with Crippen LogP contribution in [0.5, 0.6) is 0 Å². The number of benzene rings is 1. The molecule has 0 aliphatic heterocycles. The lowest BCUT2D eigenvalue weighted by molar-refractivity contribution is 0.184. The summed E-state index contributed by atoms with van der Waals surface area (Å²) in [6.45, 7) is 4.24. The predicted molar refractivity (Wildman–Crippen MR) is 98.2 cm³/mol. The zero-order valence-electron chi connectivity index (χ0n) is 14.2. The highest BCUT2D eigenvalue weighted by Gasteiger charge is 2.07. The van der Waals surface area contributed by atoms with Gasteiger partial charge in [-0.3, -0.25) is 4.68 Å². The van der Waals surface area contributed by atoms with Crippen molar-refractivity contribution in [3.05, 3.63) is 58.9 Å². The number of nitrogens with zero attached hydrogens (tertiary/aromatic N) is 3. The van der Waals surface area contributed by atoms with Crippen molar-refractivity contribution in [2.24, 2.45) is 7.05 Å². The van der Waals surface area contributed by atoms with Crippen molar-refractivity contribution in [1.29, 1.82) is 0 Å². The highest BCUT2D eigenvalue weighted by molar-refractivity contribution is 5.85. The van der Waals surface area contributed by atoms with Gasteiger partial charge in [-0.1, -0.05) is 24.3 Å². The van der Waals surface area contributed by atoms with Gasteiger partial charge in [0, 0.05) is 38.8 Å². The summed E-state index contributed by atoms with van der Waals surface area (Å²) in [5.74, 6) is 0. The fraction of sp³-hybridized carbons (Fsp3) is 0.333. The summed E-state index contributed by atoms with van der Waals surface area (Å²) < 4.78 is 7.07. The predicted octanol–water partition coefficient (Wildman–Crippen LogP) is 3.13. The Labute approximate surface area is 148 Å². The number of ether oxygens (including phenoxy) is 1. The van der Waals surface area contributed by atoms with Crippen LogP contribution < -0.4 is 5.32 Å². The Morgan fingerprint density at radius 2 is 1.92 bits per heavy atom. The summed E-state index contributed by atoms with van der Waals surface area (Å²) in [4.78, 5) is 4.51. The van der Waals surface area contributed by atoms with Gasteiger partial charge in [0.2, 0.25) is 0 Å². The monoisotopic (exact) mass is 346 g/mol. The summed E-state index contributed by atoms with van der Waals surface area (Å²) >= 11 is 0. The second-order valence-corrected chi connectivity index (χ2v) is 5.73. The SMILES string of the molecule is COCc1ccccc1CNCc1cnc2c(c1)c(C)nn2C.Cl. The molecule has 1 aromatic carbocycles. The van der Waals surface area contributed by atoms with Crippen molar-refractivity contribution >= 4 is 23.4 Å². The molecule has 0 aliphatic rings. The molecule has 0 saturated carbocycles. The van der Waals surface area contributed by atoms with Gasteiger partial charge in [0.1, 0.15) is 0 Å². The normalized spacial score (nSPS) is 10.8. The molecule has 2 aromatic heterocycles. The molecule has 0 spiro atoms. The van der Waals surface area contributed by atoms with Crippen LogP contribution >= 0.6 is 12.4 Å². The number of halogens is 1. The third-order valence-corrected chi connectivity index (χ3v) is 3.98. The molecule has 24 heavy (non-hydrogen) atoms. The Morgan fingerprint density at radius 1 is 1.17 bits per heavy atom. The smallest absolute Gasteiger partial charge is 0.157 e. The van der Waals surface area contributed by atoms with E-state index in [1.54, 1.807) is 7.11 Å². The number of nitrogens with one attached hydrogen (secondary N) is 1. The maximum Gasteiger partial charge on any atom is 0.157 e. The number of fused-ring (bicyclic) bond motifs is 1. The fourth-order valence-corrected chi connectivity index (χ4v) is 2.82. The van der Waals surface area contributed by atoms with Crippen LogP contribution in [-0.4, -0.2) is 21.9 Å². The molecular formula is C18H23ClN4O. The largest absolute Gasteiger partial charge is 0.380 e. The molecule has 0 unspecified atom stereocenters. The zero-order valence-corrected chi connectivity index (χ0v) is 15.1. The molecule has 0 saturated heterocycles. The number of methoxy groups -OCH3 is 1. The number of aromatic nitrogens is 3. The Hall–Kier alpha value is -1.95. The number of aryl methyl sites for hydroxylation is 2. The molecule has 2 heterocycles. The lowest BCUT2D eigenvalue weighted by Gasteiger charge is -2.10. The first-order chi connectivity index (χ1) is 11.2. The van der Waals surface area contributed by atoms with E-state index < -0.39 is 0 Å². The minimum Gasteiger partial charge on any atom is -0.380 e. The van der Waals surface area contributed by atoms with Gasteiger partial charge in [-0.2, -0.15) is 5.10 Å². The van der Waals surface area contributed by atoms with Crippen LogP contribution in [0.25, 0.3) is 11.0 Å². The number of hydrogen-bond donors (Lipinski definition) is 1. The van der Waals surface area contributed by atoms with Crippen molar-refractivity contribution in [3.8, 4) is 0 Å². The lowest BCUT2D eigenvalue weighted by Crippen LogP contribution is -2.14. The number of pyridine rings is 1. The van der Waals surface area contributed by atoms with E-state index in [0.29, 0.717) is 6.61 Å². The standard InChI is InChI=1S/C18H22N4O.ClH/c1-13-17-8-14(10-20-18(17)22(2)21-13)9-19-11-15-6-4-5-7-16(15)12-23-3;/h4-8,10,19H,9,11-12H2,1-3H3;1H. The van der Waals surface area contributed by atoms with Crippen LogP contribution in [0.15, 0.2) is 36.5 Å². The first kappa shape index (κ1) is 18.4. The summed E-state index contributed by atoms with van der Waals surface area (Å²) in [6, 6.07) is 10.5. The van der Waals surface area contributed by atoms with Gasteiger partial charge >= 0.3 is 0 Å². The summed E-state index contributed by atoms with van der Waals surface area (Å²) in [6.07, 6.45) is 1.91. The van der Waals surface area contributed by atoms with Crippen LogP contribution in [-0.2, 0) is 31.5 Å². The third-order valence-electron chi connectivity index (χ3n) is 3.98. The second-order valence-electron chi connectivity index (χ2n) is 5.73. The van der Waals surface area contributed by atoms with Crippen LogP contribution in [0.1, 0.15) is 22.4 Å². The number of hydrogen-bond acceptors (Lipinski definition) is 4. The van der Waals surface area contributed by atoms with Crippen molar-refractivity contribution in [2.45, 2.75) is 26.6 Å². The average Bonchev–Trinajstić information content (AvgIpc) is 2.84. The van der Waals surface area contributed by atoms with Gasteiger partial charge in [0.25, 0.3) is 0 Å². The molecule has 3 aromatic rings. The molecular weight excluding hydrogens is 324 g/mol. The minimum atomic E-state index is 0. The topological polar surface area (TPSA) is 52.0 Å². The van der Waals surface area contributed by atoms with Gasteiger partial charge in [0.15, 0.2) is 5.65 Å². The maximum atomic E-state index is 5.25. The molecule has 3 rings (SSSR count). The van der Waals surface area contributed by atoms with Crippen LogP contribution in [0.4, 0.5) is 0 Å². The second kappa shape index (κ2) is 8.24. The zero-order chi connectivity index (χ0) is 16.2. The average molecular weight is 347 g/mol. The van der Waals surface area contributed by atoms with Crippen molar-refractivity contribution in [1.82, 2.24) is 20.1 Å². The van der Waals surface area contributed by atoms with Gasteiger partial charge in [-0.05, 0) is 29.7 Å². The Kier molecular flexibility index (Phi) is 6.31. The molecule has 0 aliphatic carbocycles. The Morgan fingerprint density at radius 3 is 2.67 bits per heavy atom. The van der Waals surface area contributed by atoms with Gasteiger partial charge in [-0.15, -0.1) is 12.4 Å². The first-order valence-corrected chi connectivity index (χ1v) is 7.73. The quantitative estimate of drug-likeness (QED) is 0.745. The van der Waals surface area contributed by atoms with E-state index in [9.17, 15) is 0 Å². The summed E-state index contributed by atoms with van der Waals surface area (Å²) in [5.41, 5.74) is 5.59. The minimum absolute atomic E-state index is 0. The van der Waals surface area contributed by atoms with Crippen molar-refractivity contribution < 1.29 is 4.74 Å². The highest BCUT2D eigenvalue weighted by atomic mass is 35.5. The third kappa shape index (κ3) is 3.93. The van der Waals surface area contributed by atoms with Crippen molar-refractivity contribution in [2.75, 3.05) is 7.11 Å². The number of rotatable bonds is 6.